The highest BCUT2D eigenvalue weighted by molar-refractivity contribution is 7.12. The summed E-state index contributed by atoms with van der Waals surface area (Å²) >= 11 is 1.90. The summed E-state index contributed by atoms with van der Waals surface area (Å²) in [6, 6.07) is 2.31. The first kappa shape index (κ1) is 15.4. The molecule has 0 saturated heterocycles. The average molecular weight is 337 g/mol. The van der Waals surface area contributed by atoms with E-state index in [1.54, 1.807) is 12.4 Å². The third-order valence-corrected chi connectivity index (χ3v) is 5.57. The standard InChI is InChI=1S/C18H19N5S/c1-12-5-16(24-13(12)2)10-23-4-3-17-15(9-23)8-21-18(22-17)14-6-19-11-20-7-14/h5-8,11H,3-4,9-10H2,1-2H3. The fourth-order valence-electron chi connectivity index (χ4n) is 3.01. The Balaban J connectivity index is 1.51. The van der Waals surface area contributed by atoms with Gasteiger partial charge >= 0.3 is 0 Å². The second kappa shape index (κ2) is 6.37. The molecule has 1 aliphatic rings. The minimum absolute atomic E-state index is 0.715. The van der Waals surface area contributed by atoms with Crippen LogP contribution < -0.4 is 0 Å². The second-order valence-electron chi connectivity index (χ2n) is 6.21. The number of aryl methyl sites for hydroxylation is 2. The van der Waals surface area contributed by atoms with Gasteiger partial charge in [0.1, 0.15) is 6.33 Å². The largest absolute Gasteiger partial charge is 0.293 e. The molecule has 6 heteroatoms. The lowest BCUT2D eigenvalue weighted by molar-refractivity contribution is 0.245. The van der Waals surface area contributed by atoms with Gasteiger partial charge in [-0.1, -0.05) is 0 Å². The van der Waals surface area contributed by atoms with E-state index >= 15 is 0 Å². The van der Waals surface area contributed by atoms with Crippen molar-refractivity contribution in [2.75, 3.05) is 6.54 Å². The molecule has 122 valence electrons. The van der Waals surface area contributed by atoms with Crippen LogP contribution in [0.3, 0.4) is 0 Å². The van der Waals surface area contributed by atoms with Crippen LogP contribution in [0.1, 0.15) is 26.6 Å². The summed E-state index contributed by atoms with van der Waals surface area (Å²) in [5.41, 5.74) is 4.64. The van der Waals surface area contributed by atoms with Crippen molar-refractivity contribution < 1.29 is 0 Å². The number of fused-ring (bicyclic) bond motifs is 1. The summed E-state index contributed by atoms with van der Waals surface area (Å²) in [5.74, 6) is 0.715. The highest BCUT2D eigenvalue weighted by Crippen LogP contribution is 2.25. The van der Waals surface area contributed by atoms with Gasteiger partial charge in [0.15, 0.2) is 5.82 Å². The number of nitrogens with zero attached hydrogens (tertiary/aromatic N) is 5. The maximum Gasteiger partial charge on any atom is 0.162 e. The summed E-state index contributed by atoms with van der Waals surface area (Å²) in [6.07, 6.45) is 7.95. The molecule has 0 unspecified atom stereocenters. The summed E-state index contributed by atoms with van der Waals surface area (Å²) in [4.78, 5) is 22.6. The van der Waals surface area contributed by atoms with Crippen LogP contribution in [0.2, 0.25) is 0 Å². The molecule has 24 heavy (non-hydrogen) atoms. The van der Waals surface area contributed by atoms with Crippen LogP contribution in [0, 0.1) is 13.8 Å². The van der Waals surface area contributed by atoms with Crippen molar-refractivity contribution in [1.29, 1.82) is 0 Å². The van der Waals surface area contributed by atoms with E-state index in [1.165, 1.54) is 27.2 Å². The van der Waals surface area contributed by atoms with Crippen molar-refractivity contribution in [3.8, 4) is 11.4 Å². The second-order valence-corrected chi connectivity index (χ2v) is 7.55. The monoisotopic (exact) mass is 337 g/mol. The minimum atomic E-state index is 0.715. The molecule has 0 atom stereocenters. The first-order valence-electron chi connectivity index (χ1n) is 8.07. The predicted molar refractivity (Wildman–Crippen MR) is 94.7 cm³/mol. The Bertz CT molecular complexity index is 840. The number of rotatable bonds is 3. The van der Waals surface area contributed by atoms with Crippen LogP contribution in [0.15, 0.2) is 31.0 Å². The van der Waals surface area contributed by atoms with Crippen molar-refractivity contribution in [3.63, 3.8) is 0 Å². The average Bonchev–Trinajstić information content (AvgIpc) is 2.92. The maximum atomic E-state index is 4.73. The van der Waals surface area contributed by atoms with Crippen molar-refractivity contribution >= 4 is 11.3 Å². The van der Waals surface area contributed by atoms with Crippen LogP contribution in [-0.2, 0) is 19.5 Å². The van der Waals surface area contributed by atoms with Crippen molar-refractivity contribution in [2.24, 2.45) is 0 Å². The van der Waals surface area contributed by atoms with Crippen molar-refractivity contribution in [1.82, 2.24) is 24.8 Å². The molecule has 3 aromatic rings. The topological polar surface area (TPSA) is 54.8 Å². The van der Waals surface area contributed by atoms with Gasteiger partial charge in [-0.05, 0) is 25.5 Å². The molecule has 0 bridgehead atoms. The van der Waals surface area contributed by atoms with E-state index in [4.69, 9.17) is 4.98 Å². The Hall–Kier alpha value is -2.18. The predicted octanol–water partition coefficient (Wildman–Crippen LogP) is 3.17. The normalized spacial score (nSPS) is 14.6. The van der Waals surface area contributed by atoms with Gasteiger partial charge in [0, 0.05) is 60.0 Å². The van der Waals surface area contributed by atoms with Crippen LogP contribution >= 0.6 is 11.3 Å². The van der Waals surface area contributed by atoms with E-state index in [1.807, 2.05) is 17.5 Å². The molecule has 0 amide bonds. The van der Waals surface area contributed by atoms with Gasteiger partial charge < -0.3 is 0 Å². The van der Waals surface area contributed by atoms with Gasteiger partial charge in [-0.15, -0.1) is 11.3 Å². The van der Waals surface area contributed by atoms with Gasteiger partial charge in [0.05, 0.1) is 11.3 Å². The van der Waals surface area contributed by atoms with Gasteiger partial charge in [-0.3, -0.25) is 4.90 Å². The number of thiophene rings is 1. The fourth-order valence-corrected chi connectivity index (χ4v) is 4.11. The molecule has 0 saturated carbocycles. The molecule has 0 aliphatic carbocycles. The summed E-state index contributed by atoms with van der Waals surface area (Å²) in [5, 5.41) is 0. The Morgan fingerprint density at radius 1 is 1.17 bits per heavy atom. The lowest BCUT2D eigenvalue weighted by Crippen LogP contribution is -2.30. The molecule has 1 aliphatic heterocycles. The molecular weight excluding hydrogens is 318 g/mol. The van der Waals surface area contributed by atoms with Gasteiger partial charge in [0.2, 0.25) is 0 Å². The molecule has 0 fully saturated rings. The maximum absolute atomic E-state index is 4.73. The lowest BCUT2D eigenvalue weighted by atomic mass is 10.1. The fraction of sp³-hybridized carbons (Fsp3) is 0.333. The smallest absolute Gasteiger partial charge is 0.162 e. The third-order valence-electron chi connectivity index (χ3n) is 4.43. The van der Waals surface area contributed by atoms with Crippen molar-refractivity contribution in [3.05, 3.63) is 57.6 Å². The first-order chi connectivity index (χ1) is 11.7. The van der Waals surface area contributed by atoms with Gasteiger partial charge in [0.25, 0.3) is 0 Å². The quantitative estimate of drug-likeness (QED) is 0.735. The number of aromatic nitrogens is 4. The molecular formula is C18H19N5S. The first-order valence-corrected chi connectivity index (χ1v) is 8.89. The van der Waals surface area contributed by atoms with Gasteiger partial charge in [-0.2, -0.15) is 0 Å². The van der Waals surface area contributed by atoms with Crippen LogP contribution in [0.5, 0.6) is 0 Å². The van der Waals surface area contributed by atoms with E-state index in [-0.39, 0.29) is 0 Å². The zero-order valence-electron chi connectivity index (χ0n) is 13.9. The molecule has 4 rings (SSSR count). The highest BCUT2D eigenvalue weighted by Gasteiger charge is 2.19. The molecule has 0 N–H and O–H groups in total. The summed E-state index contributed by atoms with van der Waals surface area (Å²) < 4.78 is 0. The molecule has 3 aromatic heterocycles. The lowest BCUT2D eigenvalue weighted by Gasteiger charge is -2.27. The van der Waals surface area contributed by atoms with E-state index < -0.39 is 0 Å². The van der Waals surface area contributed by atoms with Crippen LogP contribution in [0.25, 0.3) is 11.4 Å². The number of hydrogen-bond acceptors (Lipinski definition) is 6. The van der Waals surface area contributed by atoms with Crippen molar-refractivity contribution in [2.45, 2.75) is 33.4 Å². The molecule has 0 spiro atoms. The molecule has 5 nitrogen and oxygen atoms in total. The number of hydrogen-bond donors (Lipinski definition) is 0. The summed E-state index contributed by atoms with van der Waals surface area (Å²) in [7, 11) is 0. The molecule has 4 heterocycles. The van der Waals surface area contributed by atoms with E-state index in [0.717, 1.165) is 37.3 Å². The van der Waals surface area contributed by atoms with Crippen LogP contribution in [-0.4, -0.2) is 31.4 Å². The molecule has 0 aromatic carbocycles. The van der Waals surface area contributed by atoms with E-state index in [0.29, 0.717) is 5.82 Å². The zero-order valence-corrected chi connectivity index (χ0v) is 14.7. The SMILES string of the molecule is Cc1cc(CN2CCc3nc(-c4cncnc4)ncc3C2)sc1C. The third kappa shape index (κ3) is 3.07. The van der Waals surface area contributed by atoms with Crippen LogP contribution in [0.4, 0.5) is 0 Å². The Morgan fingerprint density at radius 2 is 2.00 bits per heavy atom. The Labute approximate surface area is 145 Å². The Morgan fingerprint density at radius 3 is 2.75 bits per heavy atom. The van der Waals surface area contributed by atoms with E-state index in [2.05, 4.69) is 39.8 Å². The zero-order chi connectivity index (χ0) is 16.5. The molecule has 0 radical (unpaired) electrons. The van der Waals surface area contributed by atoms with Gasteiger partial charge in [-0.25, -0.2) is 19.9 Å². The van der Waals surface area contributed by atoms with E-state index in [9.17, 15) is 0 Å². The summed E-state index contributed by atoms with van der Waals surface area (Å²) in [6.45, 7) is 7.33. The highest BCUT2D eigenvalue weighted by atomic mass is 32.1. The minimum Gasteiger partial charge on any atom is -0.293 e. The Kier molecular flexibility index (Phi) is 4.08.